The highest BCUT2D eigenvalue weighted by Gasteiger charge is 2.15. The zero-order chi connectivity index (χ0) is 16.2. The minimum absolute atomic E-state index is 0.106. The van der Waals surface area contributed by atoms with Crippen LogP contribution in [0.1, 0.15) is 16.4 Å². The van der Waals surface area contributed by atoms with Crippen molar-refractivity contribution in [2.45, 2.75) is 6.54 Å². The van der Waals surface area contributed by atoms with E-state index >= 15 is 0 Å². The normalized spacial score (nSPS) is 10.5. The van der Waals surface area contributed by atoms with E-state index in [1.165, 1.54) is 6.26 Å². The van der Waals surface area contributed by atoms with Gasteiger partial charge in [0.1, 0.15) is 5.75 Å². The van der Waals surface area contributed by atoms with Crippen LogP contribution in [0.5, 0.6) is 5.75 Å². The lowest BCUT2D eigenvalue weighted by atomic mass is 10.2. The van der Waals surface area contributed by atoms with Gasteiger partial charge in [-0.25, -0.2) is 0 Å². The number of hydrogen-bond acceptors (Lipinski definition) is 6. The van der Waals surface area contributed by atoms with Crippen LogP contribution in [0.15, 0.2) is 50.0 Å². The molecule has 0 bridgehead atoms. The molecule has 1 N–H and O–H groups in total. The number of aromatic nitrogens is 2. The standard InChI is InChI=1S/C15H12BrN3O4/c1-21-10-4-2-9(3-5-10)14-18-12(23-19-14)8-17-15(20)13-11(16)6-7-22-13/h2-7H,8H2,1H3,(H,17,20). The summed E-state index contributed by atoms with van der Waals surface area (Å²) in [4.78, 5) is 16.1. The molecule has 0 spiro atoms. The summed E-state index contributed by atoms with van der Waals surface area (Å²) in [5, 5.41) is 6.54. The van der Waals surface area contributed by atoms with Crippen LogP contribution in [0.2, 0.25) is 0 Å². The molecule has 118 valence electrons. The molecular formula is C15H12BrN3O4. The summed E-state index contributed by atoms with van der Waals surface area (Å²) < 4.78 is 15.9. The van der Waals surface area contributed by atoms with Gasteiger partial charge in [0.25, 0.3) is 5.91 Å². The summed E-state index contributed by atoms with van der Waals surface area (Å²) in [5.41, 5.74) is 0.793. The van der Waals surface area contributed by atoms with Crippen LogP contribution >= 0.6 is 15.9 Å². The maximum atomic E-state index is 11.9. The number of methoxy groups -OCH3 is 1. The predicted octanol–water partition coefficient (Wildman–Crippen LogP) is 3.03. The molecule has 2 aromatic heterocycles. The molecule has 2 heterocycles. The molecule has 0 unspecified atom stereocenters. The topological polar surface area (TPSA) is 90.4 Å². The van der Waals surface area contributed by atoms with Crippen LogP contribution in [-0.2, 0) is 6.54 Å². The van der Waals surface area contributed by atoms with Gasteiger partial charge in [-0.3, -0.25) is 4.79 Å². The zero-order valence-corrected chi connectivity index (χ0v) is 13.7. The van der Waals surface area contributed by atoms with E-state index in [4.69, 9.17) is 13.7 Å². The second-order valence-electron chi connectivity index (χ2n) is 4.52. The van der Waals surface area contributed by atoms with Gasteiger partial charge in [0, 0.05) is 5.56 Å². The van der Waals surface area contributed by atoms with Gasteiger partial charge in [-0.1, -0.05) is 5.16 Å². The summed E-state index contributed by atoms with van der Waals surface area (Å²) in [7, 11) is 1.60. The lowest BCUT2D eigenvalue weighted by molar-refractivity contribution is 0.0917. The molecule has 8 heteroatoms. The van der Waals surface area contributed by atoms with Crippen molar-refractivity contribution in [3.8, 4) is 17.1 Å². The second-order valence-corrected chi connectivity index (χ2v) is 5.37. The number of carbonyl (C=O) groups is 1. The van der Waals surface area contributed by atoms with E-state index in [1.807, 2.05) is 24.3 Å². The number of rotatable bonds is 5. The highest BCUT2D eigenvalue weighted by molar-refractivity contribution is 9.10. The summed E-state index contributed by atoms with van der Waals surface area (Å²) in [6.07, 6.45) is 1.42. The predicted molar refractivity (Wildman–Crippen MR) is 83.9 cm³/mol. The van der Waals surface area contributed by atoms with E-state index in [-0.39, 0.29) is 18.2 Å². The molecule has 0 saturated heterocycles. The Bertz CT molecular complexity index is 810. The van der Waals surface area contributed by atoms with Crippen molar-refractivity contribution in [2.24, 2.45) is 0 Å². The molecule has 3 rings (SSSR count). The highest BCUT2D eigenvalue weighted by Crippen LogP contribution is 2.20. The van der Waals surface area contributed by atoms with E-state index in [0.29, 0.717) is 16.2 Å². The van der Waals surface area contributed by atoms with E-state index in [0.717, 1.165) is 11.3 Å². The first-order chi connectivity index (χ1) is 11.2. The van der Waals surface area contributed by atoms with Crippen LogP contribution in [-0.4, -0.2) is 23.2 Å². The number of hydrogen-bond donors (Lipinski definition) is 1. The van der Waals surface area contributed by atoms with Gasteiger partial charge in [-0.15, -0.1) is 0 Å². The smallest absolute Gasteiger partial charge is 0.288 e. The van der Waals surface area contributed by atoms with Crippen molar-refractivity contribution >= 4 is 21.8 Å². The Morgan fingerprint density at radius 3 is 2.74 bits per heavy atom. The average molecular weight is 378 g/mol. The molecular weight excluding hydrogens is 366 g/mol. The number of benzene rings is 1. The molecule has 0 atom stereocenters. The van der Waals surface area contributed by atoms with Crippen molar-refractivity contribution in [3.05, 3.63) is 52.7 Å². The maximum Gasteiger partial charge on any atom is 0.288 e. The molecule has 0 aliphatic rings. The Kier molecular flexibility index (Phi) is 4.42. The Hall–Kier alpha value is -2.61. The molecule has 0 fully saturated rings. The number of furan rings is 1. The quantitative estimate of drug-likeness (QED) is 0.734. The highest BCUT2D eigenvalue weighted by atomic mass is 79.9. The fraction of sp³-hybridized carbons (Fsp3) is 0.133. The Balaban J connectivity index is 1.65. The summed E-state index contributed by atoms with van der Waals surface area (Å²) >= 11 is 3.22. The number of amides is 1. The Morgan fingerprint density at radius 1 is 1.30 bits per heavy atom. The van der Waals surface area contributed by atoms with Crippen LogP contribution < -0.4 is 10.1 Å². The van der Waals surface area contributed by atoms with Gasteiger partial charge in [0.15, 0.2) is 0 Å². The maximum absolute atomic E-state index is 11.9. The lowest BCUT2D eigenvalue weighted by Crippen LogP contribution is -2.22. The average Bonchev–Trinajstić information content (AvgIpc) is 3.22. The molecule has 1 amide bonds. The van der Waals surface area contributed by atoms with Gasteiger partial charge in [0.2, 0.25) is 17.5 Å². The van der Waals surface area contributed by atoms with Crippen LogP contribution in [0.25, 0.3) is 11.4 Å². The molecule has 1 aromatic carbocycles. The monoisotopic (exact) mass is 377 g/mol. The Labute approximate surface area is 139 Å². The molecule has 0 radical (unpaired) electrons. The van der Waals surface area contributed by atoms with Gasteiger partial charge in [-0.05, 0) is 46.3 Å². The minimum atomic E-state index is -0.369. The Morgan fingerprint density at radius 2 is 2.09 bits per heavy atom. The first kappa shape index (κ1) is 15.3. The molecule has 3 aromatic rings. The third-order valence-corrected chi connectivity index (χ3v) is 3.66. The molecule has 0 saturated carbocycles. The first-order valence-electron chi connectivity index (χ1n) is 6.65. The number of ether oxygens (including phenoxy) is 1. The fourth-order valence-electron chi connectivity index (χ4n) is 1.88. The van der Waals surface area contributed by atoms with Crippen molar-refractivity contribution in [1.82, 2.24) is 15.5 Å². The van der Waals surface area contributed by atoms with Gasteiger partial charge in [-0.2, -0.15) is 4.98 Å². The van der Waals surface area contributed by atoms with E-state index in [9.17, 15) is 4.79 Å². The van der Waals surface area contributed by atoms with E-state index in [2.05, 4.69) is 31.4 Å². The summed E-state index contributed by atoms with van der Waals surface area (Å²) in [5.74, 6) is 1.31. The van der Waals surface area contributed by atoms with Crippen molar-refractivity contribution in [3.63, 3.8) is 0 Å². The first-order valence-corrected chi connectivity index (χ1v) is 7.45. The van der Waals surface area contributed by atoms with E-state index in [1.54, 1.807) is 13.2 Å². The lowest BCUT2D eigenvalue weighted by Gasteiger charge is -1.99. The molecule has 23 heavy (non-hydrogen) atoms. The van der Waals surface area contributed by atoms with Gasteiger partial charge < -0.3 is 19.0 Å². The fourth-order valence-corrected chi connectivity index (χ4v) is 2.26. The zero-order valence-electron chi connectivity index (χ0n) is 12.1. The molecule has 7 nitrogen and oxygen atoms in total. The summed E-state index contributed by atoms with van der Waals surface area (Å²) in [6.45, 7) is 0.106. The van der Waals surface area contributed by atoms with Crippen molar-refractivity contribution in [2.75, 3.05) is 7.11 Å². The number of nitrogens with zero attached hydrogens (tertiary/aromatic N) is 2. The summed E-state index contributed by atoms with van der Waals surface area (Å²) in [6, 6.07) is 8.91. The van der Waals surface area contributed by atoms with Crippen LogP contribution in [0.4, 0.5) is 0 Å². The van der Waals surface area contributed by atoms with Crippen molar-refractivity contribution in [1.29, 1.82) is 0 Å². The minimum Gasteiger partial charge on any atom is -0.497 e. The number of nitrogens with one attached hydrogen (secondary N) is 1. The third-order valence-electron chi connectivity index (χ3n) is 3.04. The van der Waals surface area contributed by atoms with Crippen molar-refractivity contribution < 1.29 is 18.5 Å². The molecule has 0 aliphatic heterocycles. The number of carbonyl (C=O) groups excluding carboxylic acids is 1. The van der Waals surface area contributed by atoms with Gasteiger partial charge >= 0.3 is 0 Å². The third kappa shape index (κ3) is 3.42. The van der Waals surface area contributed by atoms with Gasteiger partial charge in [0.05, 0.1) is 24.4 Å². The van der Waals surface area contributed by atoms with E-state index < -0.39 is 0 Å². The largest absolute Gasteiger partial charge is 0.497 e. The van der Waals surface area contributed by atoms with Crippen LogP contribution in [0.3, 0.4) is 0 Å². The SMILES string of the molecule is COc1ccc(-c2noc(CNC(=O)c3occc3Br)n2)cc1. The second kappa shape index (κ2) is 6.66. The molecule has 0 aliphatic carbocycles. The van der Waals surface area contributed by atoms with Crippen LogP contribution in [0, 0.1) is 0 Å². The number of halogens is 1.